The third-order valence-electron chi connectivity index (χ3n) is 10.3. The fraction of sp³-hybridized carbons (Fsp3) is 0.513. The van der Waals surface area contributed by atoms with E-state index in [1.54, 1.807) is 38.6 Å². The molecule has 9 heteroatoms. The highest BCUT2D eigenvalue weighted by atomic mass is 32.2. The summed E-state index contributed by atoms with van der Waals surface area (Å²) in [6.45, 7) is 20.8. The lowest BCUT2D eigenvalue weighted by atomic mass is 9.66. The summed E-state index contributed by atoms with van der Waals surface area (Å²) in [6, 6.07) is 12.0. The van der Waals surface area contributed by atoms with Crippen molar-refractivity contribution in [3.05, 3.63) is 78.9 Å². The number of thioether (sulfide) groups is 1. The van der Waals surface area contributed by atoms with Crippen LogP contribution in [0.3, 0.4) is 0 Å². The van der Waals surface area contributed by atoms with Gasteiger partial charge in [0.1, 0.15) is 11.8 Å². The van der Waals surface area contributed by atoms with E-state index < -0.39 is 33.4 Å². The summed E-state index contributed by atoms with van der Waals surface area (Å²) >= 11 is 1.65. The summed E-state index contributed by atoms with van der Waals surface area (Å²) < 4.78 is 4.25. The minimum absolute atomic E-state index is 0.149. The first-order valence-corrected chi connectivity index (χ1v) is 18.0. The number of aliphatic hydroxyl groups is 1. The van der Waals surface area contributed by atoms with E-state index in [0.717, 1.165) is 16.8 Å². The summed E-state index contributed by atoms with van der Waals surface area (Å²) in [7, 11) is 0. The molecule has 3 aliphatic heterocycles. The molecule has 2 bridgehead atoms. The lowest BCUT2D eigenvalue weighted by molar-refractivity contribution is -0.142. The number of anilines is 2. The maximum absolute atomic E-state index is 15.2. The zero-order valence-corrected chi connectivity index (χ0v) is 30.1. The summed E-state index contributed by atoms with van der Waals surface area (Å²) in [5.41, 5.74) is 3.44. The molecule has 8 nitrogen and oxygen atoms in total. The van der Waals surface area contributed by atoms with Gasteiger partial charge in [-0.1, -0.05) is 38.1 Å². The zero-order valence-electron chi connectivity index (χ0n) is 29.3. The van der Waals surface area contributed by atoms with Gasteiger partial charge in [-0.2, -0.15) is 0 Å². The molecule has 2 aromatic carbocycles. The molecule has 2 unspecified atom stereocenters. The van der Waals surface area contributed by atoms with Gasteiger partial charge in [0.15, 0.2) is 0 Å². The fourth-order valence-electron chi connectivity index (χ4n) is 8.34. The standard InChI is InChI=1S/C39H51N3O5S/c1-9-20-40(28-14-16-30(17-15-28)47-11-3)35(44)32-33-36(45)42(29(24-43)22-25(4)5)34(39(33)19-18-38(32,8)48-39)37(46)41(21-10-2)31-23-26(6)12-13-27(31)7/h9-10,12-17,23,25,29,32-34,43H,1-2,11,18-22,24H2,3-8H3/t29-,32+,33+,34?,38-,39?/m1/s1. The number of hydrogen-bond donors (Lipinski definition) is 1. The monoisotopic (exact) mass is 673 g/mol. The molecule has 5 rings (SSSR count). The third-order valence-corrected chi connectivity index (χ3v) is 12.3. The number of ether oxygens (including phenoxy) is 1. The van der Waals surface area contributed by atoms with Gasteiger partial charge in [-0.25, -0.2) is 0 Å². The van der Waals surface area contributed by atoms with Crippen LogP contribution in [0.1, 0.15) is 58.1 Å². The minimum Gasteiger partial charge on any atom is -0.494 e. The van der Waals surface area contributed by atoms with Crippen molar-refractivity contribution in [3.63, 3.8) is 0 Å². The Kier molecular flexibility index (Phi) is 10.5. The highest BCUT2D eigenvalue weighted by Gasteiger charge is 2.78. The van der Waals surface area contributed by atoms with Crippen LogP contribution >= 0.6 is 11.8 Å². The molecule has 0 aliphatic carbocycles. The number of amides is 3. The van der Waals surface area contributed by atoms with Gasteiger partial charge in [0, 0.05) is 29.2 Å². The molecule has 0 aromatic heterocycles. The Labute approximate surface area is 290 Å². The normalized spacial score (nSPS) is 26.4. The molecule has 258 valence electrons. The molecule has 3 saturated heterocycles. The van der Waals surface area contributed by atoms with Gasteiger partial charge in [0.2, 0.25) is 11.8 Å². The first-order valence-electron chi connectivity index (χ1n) is 17.1. The Bertz CT molecular complexity index is 1560. The topological polar surface area (TPSA) is 90.4 Å². The highest BCUT2D eigenvalue weighted by Crippen LogP contribution is 2.72. The Morgan fingerprint density at radius 2 is 1.73 bits per heavy atom. The number of carbonyl (C=O) groups is 3. The van der Waals surface area contributed by atoms with Crippen LogP contribution in [-0.4, -0.2) is 75.6 Å². The van der Waals surface area contributed by atoms with E-state index in [2.05, 4.69) is 33.9 Å². The number of aryl methyl sites for hydroxylation is 2. The number of carbonyl (C=O) groups excluding carboxylic acids is 3. The van der Waals surface area contributed by atoms with Crippen LogP contribution in [0, 0.1) is 31.6 Å². The summed E-state index contributed by atoms with van der Waals surface area (Å²) in [6.07, 6.45) is 5.27. The predicted molar refractivity (Wildman–Crippen MR) is 195 cm³/mol. The zero-order chi connectivity index (χ0) is 35.0. The second-order valence-electron chi connectivity index (χ2n) is 14.1. The highest BCUT2D eigenvalue weighted by molar-refractivity contribution is 8.02. The summed E-state index contributed by atoms with van der Waals surface area (Å²) in [4.78, 5) is 50.2. The number of nitrogens with zero attached hydrogens (tertiary/aromatic N) is 3. The Balaban J connectivity index is 1.63. The van der Waals surface area contributed by atoms with Crippen LogP contribution in [0.25, 0.3) is 0 Å². The first kappa shape index (κ1) is 35.7. The van der Waals surface area contributed by atoms with Gasteiger partial charge in [0.05, 0.1) is 35.8 Å². The lowest BCUT2D eigenvalue weighted by Crippen LogP contribution is -2.58. The van der Waals surface area contributed by atoms with Crippen LogP contribution in [0.5, 0.6) is 5.75 Å². The maximum atomic E-state index is 15.2. The van der Waals surface area contributed by atoms with E-state index in [1.807, 2.05) is 63.2 Å². The second kappa shape index (κ2) is 14.1. The predicted octanol–water partition coefficient (Wildman–Crippen LogP) is 6.33. The molecular weight excluding hydrogens is 623 g/mol. The molecule has 6 atom stereocenters. The number of aliphatic hydroxyl groups excluding tert-OH is 1. The van der Waals surface area contributed by atoms with Crippen LogP contribution in [-0.2, 0) is 14.4 Å². The number of likely N-dealkylation sites (tertiary alicyclic amines) is 1. The average molecular weight is 674 g/mol. The molecule has 3 fully saturated rings. The van der Waals surface area contributed by atoms with E-state index in [9.17, 15) is 9.90 Å². The van der Waals surface area contributed by atoms with Crippen molar-refractivity contribution < 1.29 is 24.2 Å². The summed E-state index contributed by atoms with van der Waals surface area (Å²) in [5.74, 6) is -1.05. The minimum atomic E-state index is -0.853. The smallest absolute Gasteiger partial charge is 0.251 e. The molecule has 0 saturated carbocycles. The lowest BCUT2D eigenvalue weighted by Gasteiger charge is -2.40. The largest absolute Gasteiger partial charge is 0.494 e. The van der Waals surface area contributed by atoms with Crippen molar-refractivity contribution in [1.29, 1.82) is 0 Å². The average Bonchev–Trinajstić information content (AvgIpc) is 3.63. The number of hydrogen-bond acceptors (Lipinski definition) is 6. The van der Waals surface area contributed by atoms with E-state index in [0.29, 0.717) is 37.3 Å². The van der Waals surface area contributed by atoms with Crippen LogP contribution in [0.4, 0.5) is 11.4 Å². The molecule has 48 heavy (non-hydrogen) atoms. The SMILES string of the molecule is C=CCN(C(=O)[C@@H]1[C@H]2C(=O)N([C@@H](CO)CC(C)C)C(C(=O)N(CC=C)c3cc(C)ccc3C)C23CC[C@@]1(C)S3)c1ccc(OCC)cc1. The molecule has 0 radical (unpaired) electrons. The molecule has 1 spiro atoms. The molecule has 1 N–H and O–H groups in total. The van der Waals surface area contributed by atoms with Crippen molar-refractivity contribution in [2.24, 2.45) is 17.8 Å². The quantitative estimate of drug-likeness (QED) is 0.236. The van der Waals surface area contributed by atoms with Crippen LogP contribution < -0.4 is 14.5 Å². The van der Waals surface area contributed by atoms with Gasteiger partial charge < -0.3 is 24.5 Å². The van der Waals surface area contributed by atoms with Gasteiger partial charge >= 0.3 is 0 Å². The number of benzene rings is 2. The first-order chi connectivity index (χ1) is 22.9. The van der Waals surface area contributed by atoms with E-state index >= 15 is 9.59 Å². The maximum Gasteiger partial charge on any atom is 0.251 e. The van der Waals surface area contributed by atoms with Gasteiger partial charge in [0.25, 0.3) is 5.91 Å². The molecule has 3 heterocycles. The molecule has 2 aromatic rings. The van der Waals surface area contributed by atoms with Gasteiger partial charge in [-0.3, -0.25) is 14.4 Å². The Hall–Kier alpha value is -3.56. The number of rotatable bonds is 14. The third kappa shape index (κ3) is 6.09. The van der Waals surface area contributed by atoms with Crippen molar-refractivity contribution in [2.45, 2.75) is 82.4 Å². The van der Waals surface area contributed by atoms with E-state index in [-0.39, 0.29) is 43.3 Å². The molecular formula is C39H51N3O5S. The van der Waals surface area contributed by atoms with Crippen LogP contribution in [0.15, 0.2) is 67.8 Å². The molecule has 3 aliphatic rings. The Morgan fingerprint density at radius 1 is 1.06 bits per heavy atom. The van der Waals surface area contributed by atoms with Crippen molar-refractivity contribution in [3.8, 4) is 5.75 Å². The number of fused-ring (bicyclic) bond motifs is 1. The van der Waals surface area contributed by atoms with Crippen molar-refractivity contribution in [2.75, 3.05) is 36.1 Å². The Morgan fingerprint density at radius 3 is 2.33 bits per heavy atom. The van der Waals surface area contributed by atoms with Crippen molar-refractivity contribution >= 4 is 40.9 Å². The summed E-state index contributed by atoms with van der Waals surface area (Å²) in [5, 5.41) is 10.8. The molecule has 3 amide bonds. The van der Waals surface area contributed by atoms with Crippen molar-refractivity contribution in [1.82, 2.24) is 4.90 Å². The van der Waals surface area contributed by atoms with E-state index in [1.165, 1.54) is 0 Å². The van der Waals surface area contributed by atoms with Gasteiger partial charge in [-0.05, 0) is 94.3 Å². The van der Waals surface area contributed by atoms with Crippen LogP contribution in [0.2, 0.25) is 0 Å². The fourth-order valence-corrected chi connectivity index (χ4v) is 10.7. The van der Waals surface area contributed by atoms with E-state index in [4.69, 9.17) is 4.74 Å². The van der Waals surface area contributed by atoms with Gasteiger partial charge in [-0.15, -0.1) is 24.9 Å². The second-order valence-corrected chi connectivity index (χ2v) is 16.0.